The van der Waals surface area contributed by atoms with Crippen LogP contribution in [0.25, 0.3) is 11.0 Å². The summed E-state index contributed by atoms with van der Waals surface area (Å²) >= 11 is 6.00. The lowest BCUT2D eigenvalue weighted by atomic mass is 9.98. The molecule has 0 spiro atoms. The largest absolute Gasteiger partial charge is 0.330 e. The lowest BCUT2D eigenvalue weighted by Crippen LogP contribution is -2.17. The summed E-state index contributed by atoms with van der Waals surface area (Å²) < 4.78 is 2.20. The number of para-hydroxylation sites is 2. The Balaban J connectivity index is 2.27. The van der Waals surface area contributed by atoms with Crippen LogP contribution in [0.4, 0.5) is 0 Å². The average Bonchev–Trinajstić information content (AvgIpc) is 2.69. The quantitative estimate of drug-likeness (QED) is 0.743. The van der Waals surface area contributed by atoms with Crippen LogP contribution in [-0.2, 0) is 6.54 Å². The van der Waals surface area contributed by atoms with Gasteiger partial charge in [-0.05, 0) is 24.0 Å². The number of hydrogen-bond donors (Lipinski definition) is 0. The van der Waals surface area contributed by atoms with Crippen molar-refractivity contribution in [2.45, 2.75) is 20.4 Å². The molecule has 0 aliphatic carbocycles. The molecule has 2 aromatic rings. The second kappa shape index (κ2) is 4.88. The van der Waals surface area contributed by atoms with E-state index in [4.69, 9.17) is 11.6 Å². The number of halogens is 1. The predicted molar refractivity (Wildman–Crippen MR) is 68.8 cm³/mol. The third-order valence-corrected chi connectivity index (χ3v) is 3.50. The first-order valence-corrected chi connectivity index (χ1v) is 6.21. The number of rotatable bonds is 4. The molecule has 0 fully saturated rings. The van der Waals surface area contributed by atoms with E-state index in [0.717, 1.165) is 12.1 Å². The Morgan fingerprint density at radius 2 is 2.06 bits per heavy atom. The average molecular weight is 237 g/mol. The van der Waals surface area contributed by atoms with Crippen molar-refractivity contribution in [1.29, 1.82) is 0 Å². The molecule has 2 rings (SSSR count). The SMILES string of the molecule is CC(C)C(CCl)Cn1cnc2ccccc21. The minimum absolute atomic E-state index is 0.499. The van der Waals surface area contributed by atoms with Gasteiger partial charge in [-0.25, -0.2) is 4.98 Å². The molecule has 0 N–H and O–H groups in total. The standard InChI is InChI=1S/C13H17ClN2/c1-10(2)11(7-14)8-16-9-15-12-5-3-4-6-13(12)16/h3-6,9-11H,7-8H2,1-2H3. The van der Waals surface area contributed by atoms with Gasteiger partial charge in [0.25, 0.3) is 0 Å². The molecule has 1 aromatic heterocycles. The summed E-state index contributed by atoms with van der Waals surface area (Å²) in [7, 11) is 0. The normalized spacial score (nSPS) is 13.5. The van der Waals surface area contributed by atoms with E-state index in [1.807, 2.05) is 24.5 Å². The van der Waals surface area contributed by atoms with Crippen LogP contribution in [0, 0.1) is 11.8 Å². The van der Waals surface area contributed by atoms with Gasteiger partial charge in [-0.1, -0.05) is 26.0 Å². The van der Waals surface area contributed by atoms with Gasteiger partial charge in [0.05, 0.1) is 17.4 Å². The van der Waals surface area contributed by atoms with Crippen molar-refractivity contribution in [2.75, 3.05) is 5.88 Å². The summed E-state index contributed by atoms with van der Waals surface area (Å²) in [4.78, 5) is 4.39. The second-order valence-corrected chi connectivity index (χ2v) is 4.85. The van der Waals surface area contributed by atoms with Crippen molar-refractivity contribution in [2.24, 2.45) is 11.8 Å². The number of imidazole rings is 1. The van der Waals surface area contributed by atoms with Crippen LogP contribution in [0.2, 0.25) is 0 Å². The van der Waals surface area contributed by atoms with E-state index in [9.17, 15) is 0 Å². The Hall–Kier alpha value is -1.02. The smallest absolute Gasteiger partial charge is 0.0958 e. The molecular weight excluding hydrogens is 220 g/mol. The third kappa shape index (κ3) is 2.22. The fourth-order valence-electron chi connectivity index (χ4n) is 1.85. The number of alkyl halides is 1. The van der Waals surface area contributed by atoms with E-state index in [0.29, 0.717) is 17.7 Å². The minimum Gasteiger partial charge on any atom is -0.330 e. The van der Waals surface area contributed by atoms with E-state index in [2.05, 4.69) is 29.5 Å². The highest BCUT2D eigenvalue weighted by molar-refractivity contribution is 6.18. The monoisotopic (exact) mass is 236 g/mol. The summed E-state index contributed by atoms with van der Waals surface area (Å²) in [5, 5.41) is 0. The highest BCUT2D eigenvalue weighted by atomic mass is 35.5. The van der Waals surface area contributed by atoms with Crippen LogP contribution in [0.1, 0.15) is 13.8 Å². The Kier molecular flexibility index (Phi) is 3.49. The zero-order valence-corrected chi connectivity index (χ0v) is 10.5. The first-order chi connectivity index (χ1) is 7.72. The Morgan fingerprint density at radius 1 is 1.31 bits per heavy atom. The maximum Gasteiger partial charge on any atom is 0.0958 e. The van der Waals surface area contributed by atoms with E-state index in [1.165, 1.54) is 5.52 Å². The molecule has 0 saturated carbocycles. The Labute approximate surface area is 101 Å². The van der Waals surface area contributed by atoms with Crippen molar-refractivity contribution in [3.8, 4) is 0 Å². The molecule has 0 radical (unpaired) electrons. The van der Waals surface area contributed by atoms with E-state index >= 15 is 0 Å². The van der Waals surface area contributed by atoms with Crippen LogP contribution in [-0.4, -0.2) is 15.4 Å². The first kappa shape index (κ1) is 11.5. The molecule has 0 saturated heterocycles. The molecule has 0 amide bonds. The van der Waals surface area contributed by atoms with Crippen molar-refractivity contribution in [1.82, 2.24) is 9.55 Å². The molecular formula is C13H17ClN2. The summed E-state index contributed by atoms with van der Waals surface area (Å²) in [6.45, 7) is 5.38. The number of fused-ring (bicyclic) bond motifs is 1. The number of nitrogens with zero attached hydrogens (tertiary/aromatic N) is 2. The first-order valence-electron chi connectivity index (χ1n) is 5.68. The molecule has 0 bridgehead atoms. The maximum absolute atomic E-state index is 6.00. The van der Waals surface area contributed by atoms with Gasteiger partial charge in [-0.2, -0.15) is 0 Å². The van der Waals surface area contributed by atoms with Crippen LogP contribution < -0.4 is 0 Å². The zero-order chi connectivity index (χ0) is 11.5. The molecule has 1 unspecified atom stereocenters. The molecule has 86 valence electrons. The van der Waals surface area contributed by atoms with E-state index < -0.39 is 0 Å². The van der Waals surface area contributed by atoms with Crippen LogP contribution in [0.5, 0.6) is 0 Å². The predicted octanol–water partition coefficient (Wildman–Crippen LogP) is 3.55. The van der Waals surface area contributed by atoms with Gasteiger partial charge >= 0.3 is 0 Å². The summed E-state index contributed by atoms with van der Waals surface area (Å²) in [5.41, 5.74) is 2.25. The number of aromatic nitrogens is 2. The number of hydrogen-bond acceptors (Lipinski definition) is 1. The molecule has 3 heteroatoms. The molecule has 0 aliphatic rings. The Bertz CT molecular complexity index is 462. The van der Waals surface area contributed by atoms with E-state index in [-0.39, 0.29) is 0 Å². The molecule has 2 nitrogen and oxygen atoms in total. The topological polar surface area (TPSA) is 17.8 Å². The van der Waals surface area contributed by atoms with Gasteiger partial charge in [0, 0.05) is 12.4 Å². The van der Waals surface area contributed by atoms with Crippen LogP contribution in [0.15, 0.2) is 30.6 Å². The molecule has 0 aliphatic heterocycles. The van der Waals surface area contributed by atoms with Gasteiger partial charge < -0.3 is 4.57 Å². The Morgan fingerprint density at radius 3 is 2.75 bits per heavy atom. The van der Waals surface area contributed by atoms with Gasteiger partial charge in [-0.15, -0.1) is 11.6 Å². The van der Waals surface area contributed by atoms with Crippen molar-refractivity contribution >= 4 is 22.6 Å². The zero-order valence-electron chi connectivity index (χ0n) is 9.73. The van der Waals surface area contributed by atoms with Gasteiger partial charge in [0.1, 0.15) is 0 Å². The second-order valence-electron chi connectivity index (χ2n) is 4.54. The summed E-state index contributed by atoms with van der Waals surface area (Å²) in [5.74, 6) is 1.79. The van der Waals surface area contributed by atoms with Crippen molar-refractivity contribution in [3.05, 3.63) is 30.6 Å². The van der Waals surface area contributed by atoms with Crippen molar-refractivity contribution < 1.29 is 0 Å². The fourth-order valence-corrected chi connectivity index (χ4v) is 2.30. The van der Waals surface area contributed by atoms with Crippen LogP contribution >= 0.6 is 11.6 Å². The number of benzene rings is 1. The lowest BCUT2D eigenvalue weighted by Gasteiger charge is -2.18. The molecule has 1 atom stereocenters. The van der Waals surface area contributed by atoms with Gasteiger partial charge in [-0.3, -0.25) is 0 Å². The molecule has 1 aromatic carbocycles. The minimum atomic E-state index is 0.499. The van der Waals surface area contributed by atoms with Crippen molar-refractivity contribution in [3.63, 3.8) is 0 Å². The molecule has 16 heavy (non-hydrogen) atoms. The van der Waals surface area contributed by atoms with Gasteiger partial charge in [0.2, 0.25) is 0 Å². The summed E-state index contributed by atoms with van der Waals surface area (Å²) in [6.07, 6.45) is 1.91. The highest BCUT2D eigenvalue weighted by Crippen LogP contribution is 2.19. The fraction of sp³-hybridized carbons (Fsp3) is 0.462. The van der Waals surface area contributed by atoms with Crippen LogP contribution in [0.3, 0.4) is 0 Å². The van der Waals surface area contributed by atoms with E-state index in [1.54, 1.807) is 0 Å². The summed E-state index contributed by atoms with van der Waals surface area (Å²) in [6, 6.07) is 8.21. The van der Waals surface area contributed by atoms with Gasteiger partial charge in [0.15, 0.2) is 0 Å². The molecule has 1 heterocycles. The maximum atomic E-state index is 6.00. The lowest BCUT2D eigenvalue weighted by molar-refractivity contribution is 0.373. The highest BCUT2D eigenvalue weighted by Gasteiger charge is 2.13. The third-order valence-electron chi connectivity index (χ3n) is 3.10.